The van der Waals surface area contributed by atoms with E-state index in [1.54, 1.807) is 14.2 Å². The van der Waals surface area contributed by atoms with Crippen LogP contribution in [0.1, 0.15) is 6.92 Å². The highest BCUT2D eigenvalue weighted by Crippen LogP contribution is 2.29. The number of ether oxygens (including phenoxy) is 2. The molecule has 0 heterocycles. The molecule has 0 fully saturated rings. The summed E-state index contributed by atoms with van der Waals surface area (Å²) in [6, 6.07) is 5.94. The Labute approximate surface area is 90.4 Å². The summed E-state index contributed by atoms with van der Waals surface area (Å²) in [5.74, 6) is 1.44. The molecule has 0 aliphatic carbocycles. The lowest BCUT2D eigenvalue weighted by Crippen LogP contribution is -2.25. The molecule has 1 atom stereocenters. The van der Waals surface area contributed by atoms with Crippen molar-refractivity contribution < 1.29 is 9.47 Å². The fourth-order valence-electron chi connectivity index (χ4n) is 1.27. The van der Waals surface area contributed by atoms with E-state index in [1.807, 2.05) is 25.1 Å². The first-order chi connectivity index (χ1) is 7.21. The van der Waals surface area contributed by atoms with Gasteiger partial charge in [-0.25, -0.2) is 0 Å². The maximum Gasteiger partial charge on any atom is 0.162 e. The summed E-state index contributed by atoms with van der Waals surface area (Å²) in [6.45, 7) is 2.62. The fraction of sp³-hybridized carbons (Fsp3) is 0.455. The molecule has 84 valence electrons. The Kier molecular flexibility index (Phi) is 4.24. The molecule has 4 nitrogen and oxygen atoms in total. The van der Waals surface area contributed by atoms with Gasteiger partial charge in [0.1, 0.15) is 0 Å². The topological polar surface area (TPSA) is 56.5 Å². The van der Waals surface area contributed by atoms with E-state index in [1.165, 1.54) is 0 Å². The Bertz CT molecular complexity index is 315. The second-order valence-electron chi connectivity index (χ2n) is 3.35. The molecule has 0 saturated heterocycles. The second-order valence-corrected chi connectivity index (χ2v) is 3.35. The molecule has 0 aliphatic rings. The Morgan fingerprint density at radius 1 is 1.27 bits per heavy atom. The van der Waals surface area contributed by atoms with Crippen LogP contribution in [-0.2, 0) is 0 Å². The van der Waals surface area contributed by atoms with Gasteiger partial charge in [0.25, 0.3) is 0 Å². The molecule has 0 saturated carbocycles. The molecule has 3 N–H and O–H groups in total. The number of anilines is 1. The van der Waals surface area contributed by atoms with Gasteiger partial charge < -0.3 is 20.5 Å². The minimum atomic E-state index is 0.239. The van der Waals surface area contributed by atoms with Gasteiger partial charge in [0.2, 0.25) is 0 Å². The van der Waals surface area contributed by atoms with Crippen LogP contribution in [0.5, 0.6) is 11.5 Å². The summed E-state index contributed by atoms with van der Waals surface area (Å²) in [4.78, 5) is 0. The minimum absolute atomic E-state index is 0.239. The number of nitrogens with two attached hydrogens (primary N) is 1. The highest BCUT2D eigenvalue weighted by atomic mass is 16.5. The number of rotatable bonds is 5. The molecular formula is C11H18N2O2. The Hall–Kier alpha value is -1.42. The van der Waals surface area contributed by atoms with Gasteiger partial charge in [0, 0.05) is 24.3 Å². The number of benzene rings is 1. The molecule has 4 heteroatoms. The van der Waals surface area contributed by atoms with Crippen LogP contribution in [-0.4, -0.2) is 26.8 Å². The monoisotopic (exact) mass is 210 g/mol. The molecule has 0 aromatic heterocycles. The quantitative estimate of drug-likeness (QED) is 0.772. The lowest BCUT2D eigenvalue weighted by atomic mass is 10.2. The summed E-state index contributed by atoms with van der Waals surface area (Å²) in [7, 11) is 3.24. The molecule has 0 aliphatic heterocycles. The van der Waals surface area contributed by atoms with Crippen LogP contribution in [0.2, 0.25) is 0 Å². The first-order valence-corrected chi connectivity index (χ1v) is 4.90. The van der Waals surface area contributed by atoms with E-state index < -0.39 is 0 Å². The maximum absolute atomic E-state index is 5.53. The van der Waals surface area contributed by atoms with Gasteiger partial charge >= 0.3 is 0 Å². The molecule has 0 spiro atoms. The van der Waals surface area contributed by atoms with Crippen molar-refractivity contribution in [2.75, 3.05) is 26.1 Å². The van der Waals surface area contributed by atoms with Crippen molar-refractivity contribution in [3.8, 4) is 11.5 Å². The predicted molar refractivity (Wildman–Crippen MR) is 61.7 cm³/mol. The summed E-state index contributed by atoms with van der Waals surface area (Å²) in [5.41, 5.74) is 6.51. The van der Waals surface area contributed by atoms with Crippen LogP contribution >= 0.6 is 0 Å². The summed E-state index contributed by atoms with van der Waals surface area (Å²) >= 11 is 0. The highest BCUT2D eigenvalue weighted by Gasteiger charge is 2.05. The third-order valence-corrected chi connectivity index (χ3v) is 2.15. The molecule has 0 bridgehead atoms. The highest BCUT2D eigenvalue weighted by molar-refractivity contribution is 5.55. The van der Waals surface area contributed by atoms with Crippen molar-refractivity contribution in [1.82, 2.24) is 0 Å². The van der Waals surface area contributed by atoms with Crippen LogP contribution in [0.15, 0.2) is 18.2 Å². The van der Waals surface area contributed by atoms with E-state index in [4.69, 9.17) is 15.2 Å². The summed E-state index contributed by atoms with van der Waals surface area (Å²) in [6.07, 6.45) is 0. The van der Waals surface area contributed by atoms with Gasteiger partial charge in [0.15, 0.2) is 11.5 Å². The molecule has 0 radical (unpaired) electrons. The first-order valence-electron chi connectivity index (χ1n) is 4.90. The van der Waals surface area contributed by atoms with Crippen molar-refractivity contribution in [3.63, 3.8) is 0 Å². The number of nitrogens with one attached hydrogen (secondary N) is 1. The molecule has 1 aromatic rings. The van der Waals surface area contributed by atoms with Crippen LogP contribution < -0.4 is 20.5 Å². The largest absolute Gasteiger partial charge is 0.493 e. The number of methoxy groups -OCH3 is 2. The SMILES string of the molecule is COc1ccc(NC(C)CN)cc1OC. The predicted octanol–water partition coefficient (Wildman–Crippen LogP) is 1.46. The van der Waals surface area contributed by atoms with Gasteiger partial charge in [-0.1, -0.05) is 0 Å². The Morgan fingerprint density at radius 3 is 2.47 bits per heavy atom. The Balaban J connectivity index is 2.83. The van der Waals surface area contributed by atoms with Gasteiger partial charge in [-0.15, -0.1) is 0 Å². The van der Waals surface area contributed by atoms with E-state index in [2.05, 4.69) is 5.32 Å². The van der Waals surface area contributed by atoms with Crippen LogP contribution in [0.4, 0.5) is 5.69 Å². The zero-order valence-corrected chi connectivity index (χ0v) is 9.41. The van der Waals surface area contributed by atoms with Gasteiger partial charge in [-0.3, -0.25) is 0 Å². The first kappa shape index (κ1) is 11.7. The van der Waals surface area contributed by atoms with Gasteiger partial charge in [0.05, 0.1) is 14.2 Å². The van der Waals surface area contributed by atoms with E-state index in [-0.39, 0.29) is 6.04 Å². The molecule has 1 aromatic carbocycles. The van der Waals surface area contributed by atoms with E-state index in [9.17, 15) is 0 Å². The van der Waals surface area contributed by atoms with Gasteiger partial charge in [-0.05, 0) is 19.1 Å². The van der Waals surface area contributed by atoms with Crippen LogP contribution in [0.25, 0.3) is 0 Å². The third-order valence-electron chi connectivity index (χ3n) is 2.15. The van der Waals surface area contributed by atoms with Crippen molar-refractivity contribution in [2.24, 2.45) is 5.73 Å². The smallest absolute Gasteiger partial charge is 0.162 e. The maximum atomic E-state index is 5.53. The number of hydrogen-bond donors (Lipinski definition) is 2. The van der Waals surface area contributed by atoms with Crippen molar-refractivity contribution in [2.45, 2.75) is 13.0 Å². The standard InChI is InChI=1S/C11H18N2O2/c1-8(7-12)13-9-4-5-10(14-2)11(6-9)15-3/h4-6,8,13H,7,12H2,1-3H3. The van der Waals surface area contributed by atoms with Crippen molar-refractivity contribution in [1.29, 1.82) is 0 Å². The van der Waals surface area contributed by atoms with Crippen LogP contribution in [0.3, 0.4) is 0 Å². The van der Waals surface area contributed by atoms with Gasteiger partial charge in [-0.2, -0.15) is 0 Å². The van der Waals surface area contributed by atoms with Crippen LogP contribution in [0, 0.1) is 0 Å². The molecule has 0 amide bonds. The second kappa shape index (κ2) is 5.46. The molecule has 1 rings (SSSR count). The average Bonchev–Trinajstić information content (AvgIpc) is 2.28. The van der Waals surface area contributed by atoms with E-state index in [0.29, 0.717) is 12.3 Å². The van der Waals surface area contributed by atoms with Crippen molar-refractivity contribution in [3.05, 3.63) is 18.2 Å². The fourth-order valence-corrected chi connectivity index (χ4v) is 1.27. The lowest BCUT2D eigenvalue weighted by molar-refractivity contribution is 0.355. The van der Waals surface area contributed by atoms with Crippen molar-refractivity contribution >= 4 is 5.69 Å². The molecule has 1 unspecified atom stereocenters. The zero-order chi connectivity index (χ0) is 11.3. The lowest BCUT2D eigenvalue weighted by Gasteiger charge is -2.15. The zero-order valence-electron chi connectivity index (χ0n) is 9.41. The summed E-state index contributed by atoms with van der Waals surface area (Å²) in [5, 5.41) is 3.26. The third kappa shape index (κ3) is 3.02. The molecular weight excluding hydrogens is 192 g/mol. The van der Waals surface area contributed by atoms with E-state index >= 15 is 0 Å². The Morgan fingerprint density at radius 2 is 1.93 bits per heavy atom. The minimum Gasteiger partial charge on any atom is -0.493 e. The summed E-state index contributed by atoms with van der Waals surface area (Å²) < 4.78 is 10.3. The average molecular weight is 210 g/mol. The number of hydrogen-bond acceptors (Lipinski definition) is 4. The normalized spacial score (nSPS) is 12.0. The van der Waals surface area contributed by atoms with E-state index in [0.717, 1.165) is 11.4 Å². The molecule has 15 heavy (non-hydrogen) atoms.